The summed E-state index contributed by atoms with van der Waals surface area (Å²) in [6.07, 6.45) is 0. The van der Waals surface area contributed by atoms with Gasteiger partial charge in [-0.1, -0.05) is 32.9 Å². The predicted octanol–water partition coefficient (Wildman–Crippen LogP) is 1.23. The second kappa shape index (κ2) is 6.66. The standard InChI is InChI=1S/C19H24N6O3/c1-19(2,3)15-14-12(17(21)27)13(10-5-4-6-11(9-10)16(20)26)23-25(14)8-7-24(15)18(22)28/h4-6,9,15H,7-8H2,1-3H3,(H2,20,26)(H2,21,27)(H2,22,28). The van der Waals surface area contributed by atoms with Gasteiger partial charge in [0.2, 0.25) is 5.91 Å². The van der Waals surface area contributed by atoms with Crippen LogP contribution in [0, 0.1) is 5.41 Å². The van der Waals surface area contributed by atoms with Crippen LogP contribution in [0.3, 0.4) is 0 Å². The highest BCUT2D eigenvalue weighted by atomic mass is 16.2. The summed E-state index contributed by atoms with van der Waals surface area (Å²) in [7, 11) is 0. The number of rotatable bonds is 3. The van der Waals surface area contributed by atoms with E-state index in [0.717, 1.165) is 0 Å². The third-order valence-electron chi connectivity index (χ3n) is 4.89. The number of nitrogens with zero attached hydrogens (tertiary/aromatic N) is 3. The van der Waals surface area contributed by atoms with E-state index in [1.165, 1.54) is 4.90 Å². The van der Waals surface area contributed by atoms with Gasteiger partial charge in [-0.05, 0) is 17.5 Å². The molecular formula is C19H24N6O3. The summed E-state index contributed by atoms with van der Waals surface area (Å²) in [5.74, 6) is -1.25. The lowest BCUT2D eigenvalue weighted by Gasteiger charge is -2.42. The molecule has 2 heterocycles. The molecule has 0 saturated heterocycles. The van der Waals surface area contributed by atoms with Crippen molar-refractivity contribution in [3.63, 3.8) is 0 Å². The Labute approximate surface area is 162 Å². The van der Waals surface area contributed by atoms with E-state index in [-0.39, 0.29) is 5.56 Å². The summed E-state index contributed by atoms with van der Waals surface area (Å²) in [5, 5.41) is 4.59. The summed E-state index contributed by atoms with van der Waals surface area (Å²) in [6, 6.07) is 5.49. The fraction of sp³-hybridized carbons (Fsp3) is 0.368. The number of hydrogen-bond acceptors (Lipinski definition) is 4. The van der Waals surface area contributed by atoms with Crippen LogP contribution in [0.15, 0.2) is 24.3 Å². The summed E-state index contributed by atoms with van der Waals surface area (Å²) in [4.78, 5) is 37.6. The Bertz CT molecular complexity index is 973. The number of benzene rings is 1. The second-order valence-electron chi connectivity index (χ2n) is 7.94. The van der Waals surface area contributed by atoms with Gasteiger partial charge in [-0.2, -0.15) is 5.10 Å². The molecule has 1 aliphatic rings. The number of carbonyl (C=O) groups excluding carboxylic acids is 3. The molecule has 1 unspecified atom stereocenters. The monoisotopic (exact) mass is 384 g/mol. The van der Waals surface area contributed by atoms with Gasteiger partial charge in [0.15, 0.2) is 0 Å². The van der Waals surface area contributed by atoms with E-state index < -0.39 is 29.3 Å². The number of carbonyl (C=O) groups is 3. The normalized spacial score (nSPS) is 16.5. The maximum atomic E-state index is 12.4. The number of aromatic nitrogens is 2. The van der Waals surface area contributed by atoms with Gasteiger partial charge in [0.25, 0.3) is 5.91 Å². The van der Waals surface area contributed by atoms with Crippen molar-refractivity contribution in [2.24, 2.45) is 22.6 Å². The lowest BCUT2D eigenvalue weighted by atomic mass is 9.81. The first-order chi connectivity index (χ1) is 13.0. The van der Waals surface area contributed by atoms with Crippen molar-refractivity contribution >= 4 is 17.8 Å². The van der Waals surface area contributed by atoms with Crippen LogP contribution in [-0.4, -0.2) is 39.1 Å². The molecule has 9 heteroatoms. The number of amides is 4. The lowest BCUT2D eigenvalue weighted by Crippen LogP contribution is -2.49. The van der Waals surface area contributed by atoms with Crippen molar-refractivity contribution in [1.29, 1.82) is 0 Å². The van der Waals surface area contributed by atoms with Gasteiger partial charge in [0, 0.05) is 17.7 Å². The third-order valence-corrected chi connectivity index (χ3v) is 4.89. The molecule has 0 radical (unpaired) electrons. The first-order valence-corrected chi connectivity index (χ1v) is 8.89. The van der Waals surface area contributed by atoms with E-state index in [9.17, 15) is 14.4 Å². The molecule has 2 aromatic rings. The van der Waals surface area contributed by atoms with E-state index >= 15 is 0 Å². The van der Waals surface area contributed by atoms with Gasteiger partial charge in [-0.25, -0.2) is 4.79 Å². The quantitative estimate of drug-likeness (QED) is 0.729. The molecule has 148 valence electrons. The zero-order chi connectivity index (χ0) is 20.8. The van der Waals surface area contributed by atoms with Gasteiger partial charge in [-0.3, -0.25) is 14.3 Å². The molecule has 4 amide bonds. The summed E-state index contributed by atoms with van der Waals surface area (Å²) < 4.78 is 1.70. The van der Waals surface area contributed by atoms with Crippen LogP contribution in [-0.2, 0) is 6.54 Å². The van der Waals surface area contributed by atoms with Crippen LogP contribution in [0.5, 0.6) is 0 Å². The Morgan fingerprint density at radius 3 is 2.29 bits per heavy atom. The number of fused-ring (bicyclic) bond motifs is 1. The Morgan fingerprint density at radius 1 is 1.07 bits per heavy atom. The zero-order valence-corrected chi connectivity index (χ0v) is 16.1. The van der Waals surface area contributed by atoms with Crippen molar-refractivity contribution in [3.8, 4) is 11.3 Å². The maximum Gasteiger partial charge on any atom is 0.315 e. The van der Waals surface area contributed by atoms with Crippen molar-refractivity contribution in [1.82, 2.24) is 14.7 Å². The number of primary amides is 3. The number of nitrogens with two attached hydrogens (primary N) is 3. The van der Waals surface area contributed by atoms with E-state index in [0.29, 0.717) is 35.6 Å². The topological polar surface area (TPSA) is 150 Å². The number of hydrogen-bond donors (Lipinski definition) is 3. The molecule has 0 saturated carbocycles. The minimum absolute atomic E-state index is 0.215. The molecule has 0 spiro atoms. The Hall–Kier alpha value is -3.36. The van der Waals surface area contributed by atoms with Crippen molar-refractivity contribution < 1.29 is 14.4 Å². The van der Waals surface area contributed by atoms with Crippen LogP contribution < -0.4 is 17.2 Å². The van der Waals surface area contributed by atoms with Gasteiger partial charge in [-0.15, -0.1) is 0 Å². The summed E-state index contributed by atoms with van der Waals surface area (Å²) in [5.41, 5.74) is 18.2. The summed E-state index contributed by atoms with van der Waals surface area (Å²) in [6.45, 7) is 6.60. The van der Waals surface area contributed by atoms with Gasteiger partial charge in [0.1, 0.15) is 5.69 Å². The average molecular weight is 384 g/mol. The summed E-state index contributed by atoms with van der Waals surface area (Å²) >= 11 is 0. The number of urea groups is 1. The Morgan fingerprint density at radius 2 is 1.75 bits per heavy atom. The highest BCUT2D eigenvalue weighted by molar-refractivity contribution is 6.01. The van der Waals surface area contributed by atoms with E-state index in [1.807, 2.05) is 20.8 Å². The SMILES string of the molecule is CC(C)(C)C1c2c(C(N)=O)c(-c3cccc(C(N)=O)c3)nn2CCN1C(N)=O. The van der Waals surface area contributed by atoms with Crippen LogP contribution >= 0.6 is 0 Å². The lowest BCUT2D eigenvalue weighted by molar-refractivity contribution is 0.0899. The Kier molecular flexibility index (Phi) is 4.62. The zero-order valence-electron chi connectivity index (χ0n) is 16.1. The molecular weight excluding hydrogens is 360 g/mol. The first kappa shape index (κ1) is 19.4. The molecule has 0 fully saturated rings. The van der Waals surface area contributed by atoms with Crippen LogP contribution in [0.2, 0.25) is 0 Å². The van der Waals surface area contributed by atoms with Crippen molar-refractivity contribution in [2.75, 3.05) is 6.54 Å². The predicted molar refractivity (Wildman–Crippen MR) is 103 cm³/mol. The molecule has 28 heavy (non-hydrogen) atoms. The molecule has 0 bridgehead atoms. The third kappa shape index (κ3) is 3.19. The first-order valence-electron chi connectivity index (χ1n) is 8.89. The molecule has 1 atom stereocenters. The van der Waals surface area contributed by atoms with Gasteiger partial charge >= 0.3 is 6.03 Å². The highest BCUT2D eigenvalue weighted by Gasteiger charge is 2.42. The molecule has 9 nitrogen and oxygen atoms in total. The van der Waals surface area contributed by atoms with Crippen LogP contribution in [0.25, 0.3) is 11.3 Å². The fourth-order valence-electron chi connectivity index (χ4n) is 3.78. The van der Waals surface area contributed by atoms with E-state index in [2.05, 4.69) is 5.10 Å². The minimum Gasteiger partial charge on any atom is -0.366 e. The van der Waals surface area contributed by atoms with E-state index in [4.69, 9.17) is 17.2 Å². The van der Waals surface area contributed by atoms with Crippen LogP contribution in [0.1, 0.15) is 53.2 Å². The van der Waals surface area contributed by atoms with Gasteiger partial charge in [0.05, 0.1) is 23.8 Å². The second-order valence-corrected chi connectivity index (χ2v) is 7.94. The molecule has 3 rings (SSSR count). The minimum atomic E-state index is -0.665. The van der Waals surface area contributed by atoms with Crippen molar-refractivity contribution in [3.05, 3.63) is 41.1 Å². The van der Waals surface area contributed by atoms with Crippen molar-refractivity contribution in [2.45, 2.75) is 33.4 Å². The largest absolute Gasteiger partial charge is 0.366 e. The average Bonchev–Trinajstić information content (AvgIpc) is 2.99. The highest BCUT2D eigenvalue weighted by Crippen LogP contribution is 2.43. The maximum absolute atomic E-state index is 12.4. The smallest absolute Gasteiger partial charge is 0.315 e. The molecule has 0 aliphatic carbocycles. The van der Waals surface area contributed by atoms with Gasteiger partial charge < -0.3 is 22.1 Å². The molecule has 6 N–H and O–H groups in total. The van der Waals surface area contributed by atoms with Crippen LogP contribution in [0.4, 0.5) is 4.79 Å². The fourth-order valence-corrected chi connectivity index (χ4v) is 3.78. The van der Waals surface area contributed by atoms with E-state index in [1.54, 1.807) is 28.9 Å². The molecule has 1 aromatic heterocycles. The molecule has 1 aliphatic heterocycles. The Balaban J connectivity index is 2.28. The molecule has 1 aromatic carbocycles.